The first kappa shape index (κ1) is 11.8. The van der Waals surface area contributed by atoms with Crippen LogP contribution >= 0.6 is 0 Å². The molecule has 0 spiro atoms. The van der Waals surface area contributed by atoms with Gasteiger partial charge in [0.1, 0.15) is 0 Å². The number of nitrogen functional groups attached to an aromatic ring is 1. The van der Waals surface area contributed by atoms with Crippen molar-refractivity contribution in [2.75, 3.05) is 5.73 Å². The van der Waals surface area contributed by atoms with Gasteiger partial charge >= 0.3 is 6.18 Å². The molecule has 0 aliphatic heterocycles. The Balaban J connectivity index is 2.47. The largest absolute Gasteiger partial charge is 0.416 e. The third-order valence-corrected chi connectivity index (χ3v) is 3.05. The summed E-state index contributed by atoms with van der Waals surface area (Å²) >= 11 is 0. The number of rotatable bonds is 0. The van der Waals surface area contributed by atoms with E-state index in [0.29, 0.717) is 16.3 Å². The first-order valence-electron chi connectivity index (χ1n) is 5.61. The number of nitrogens with two attached hydrogens (primary N) is 1. The molecule has 5 heteroatoms. The summed E-state index contributed by atoms with van der Waals surface area (Å²) < 4.78 is 38.5. The maximum Gasteiger partial charge on any atom is 0.416 e. The summed E-state index contributed by atoms with van der Waals surface area (Å²) in [4.78, 5) is 4.14. The second-order valence-corrected chi connectivity index (χ2v) is 4.30. The lowest BCUT2D eigenvalue weighted by atomic mass is 10.0. The van der Waals surface area contributed by atoms with Crippen LogP contribution in [-0.2, 0) is 6.18 Å². The maximum atomic E-state index is 12.8. The molecule has 3 rings (SSSR count). The van der Waals surface area contributed by atoms with Crippen molar-refractivity contribution in [1.82, 2.24) is 4.98 Å². The Bertz CT molecular complexity index is 779. The fourth-order valence-electron chi connectivity index (χ4n) is 2.16. The lowest BCUT2D eigenvalue weighted by molar-refractivity contribution is -0.137. The van der Waals surface area contributed by atoms with Gasteiger partial charge in [-0.3, -0.25) is 4.98 Å². The molecule has 0 unspecified atom stereocenters. The Hall–Kier alpha value is -2.30. The van der Waals surface area contributed by atoms with Crippen LogP contribution in [0.3, 0.4) is 0 Å². The summed E-state index contributed by atoms with van der Waals surface area (Å²) in [7, 11) is 0. The summed E-state index contributed by atoms with van der Waals surface area (Å²) in [6.07, 6.45) is -2.81. The Morgan fingerprint density at radius 2 is 1.74 bits per heavy atom. The highest BCUT2D eigenvalue weighted by atomic mass is 19.4. The molecule has 96 valence electrons. The Morgan fingerprint density at radius 1 is 1.00 bits per heavy atom. The lowest BCUT2D eigenvalue weighted by Crippen LogP contribution is -2.06. The van der Waals surface area contributed by atoms with E-state index in [2.05, 4.69) is 4.98 Å². The first-order valence-corrected chi connectivity index (χ1v) is 5.61. The van der Waals surface area contributed by atoms with E-state index in [4.69, 9.17) is 5.73 Å². The summed E-state index contributed by atoms with van der Waals surface area (Å²) in [6, 6.07) is 9.17. The molecule has 0 aliphatic rings. The quantitative estimate of drug-likeness (QED) is 0.491. The van der Waals surface area contributed by atoms with E-state index in [1.165, 1.54) is 0 Å². The van der Waals surface area contributed by atoms with Crippen molar-refractivity contribution in [2.45, 2.75) is 6.18 Å². The number of nitrogens with zero attached hydrogens (tertiary/aromatic N) is 1. The number of benzene rings is 2. The van der Waals surface area contributed by atoms with Gasteiger partial charge in [0.05, 0.1) is 16.8 Å². The number of halogens is 3. The molecule has 2 N–H and O–H groups in total. The Morgan fingerprint density at radius 3 is 2.47 bits per heavy atom. The Kier molecular flexibility index (Phi) is 2.38. The van der Waals surface area contributed by atoms with Crippen molar-refractivity contribution in [3.8, 4) is 0 Å². The van der Waals surface area contributed by atoms with Gasteiger partial charge in [0.2, 0.25) is 0 Å². The molecule has 0 aliphatic carbocycles. The van der Waals surface area contributed by atoms with E-state index < -0.39 is 11.7 Å². The smallest absolute Gasteiger partial charge is 0.397 e. The van der Waals surface area contributed by atoms with Crippen LogP contribution in [0.1, 0.15) is 5.56 Å². The zero-order chi connectivity index (χ0) is 13.6. The van der Waals surface area contributed by atoms with E-state index in [1.54, 1.807) is 24.4 Å². The minimum absolute atomic E-state index is 0.0376. The van der Waals surface area contributed by atoms with E-state index in [1.807, 2.05) is 6.07 Å². The number of anilines is 1. The lowest BCUT2D eigenvalue weighted by Gasteiger charge is -2.11. The zero-order valence-electron chi connectivity index (χ0n) is 9.70. The SMILES string of the molecule is Nc1cc(C(F)(F)F)cc2c1ncc1ccccc12. The summed E-state index contributed by atoms with van der Waals surface area (Å²) in [5, 5.41) is 1.92. The molecule has 3 aromatic rings. The summed E-state index contributed by atoms with van der Waals surface area (Å²) in [5.74, 6) is 0. The van der Waals surface area contributed by atoms with Crippen molar-refractivity contribution in [3.05, 3.63) is 48.2 Å². The zero-order valence-corrected chi connectivity index (χ0v) is 9.70. The number of hydrogen-bond acceptors (Lipinski definition) is 2. The van der Waals surface area contributed by atoms with Crippen LogP contribution in [0.4, 0.5) is 18.9 Å². The van der Waals surface area contributed by atoms with Gasteiger partial charge in [-0.1, -0.05) is 24.3 Å². The van der Waals surface area contributed by atoms with Gasteiger partial charge in [0, 0.05) is 17.0 Å². The van der Waals surface area contributed by atoms with Crippen LogP contribution in [0.25, 0.3) is 21.7 Å². The van der Waals surface area contributed by atoms with E-state index in [-0.39, 0.29) is 5.69 Å². The molecule has 0 fully saturated rings. The van der Waals surface area contributed by atoms with Crippen molar-refractivity contribution < 1.29 is 13.2 Å². The van der Waals surface area contributed by atoms with Crippen molar-refractivity contribution >= 4 is 27.4 Å². The molecule has 0 saturated carbocycles. The molecule has 0 saturated heterocycles. The average molecular weight is 262 g/mol. The minimum atomic E-state index is -4.42. The third kappa shape index (κ3) is 1.87. The van der Waals surface area contributed by atoms with Gasteiger partial charge in [-0.2, -0.15) is 13.2 Å². The van der Waals surface area contributed by atoms with Crippen molar-refractivity contribution in [2.24, 2.45) is 0 Å². The second kappa shape index (κ2) is 3.85. The third-order valence-electron chi connectivity index (χ3n) is 3.05. The van der Waals surface area contributed by atoms with Gasteiger partial charge in [-0.25, -0.2) is 0 Å². The van der Waals surface area contributed by atoms with Crippen LogP contribution in [0.2, 0.25) is 0 Å². The molecule has 2 aromatic carbocycles. The standard InChI is InChI=1S/C14H9F3N2/c15-14(16,17)9-5-11-10-4-2-1-3-8(10)7-19-13(11)12(18)6-9/h1-7H,18H2. The van der Waals surface area contributed by atoms with E-state index in [9.17, 15) is 13.2 Å². The second-order valence-electron chi connectivity index (χ2n) is 4.30. The number of hydrogen-bond donors (Lipinski definition) is 1. The highest BCUT2D eigenvalue weighted by Gasteiger charge is 2.31. The summed E-state index contributed by atoms with van der Waals surface area (Å²) in [6.45, 7) is 0. The van der Waals surface area contributed by atoms with E-state index in [0.717, 1.165) is 17.5 Å². The van der Waals surface area contributed by atoms with Crippen LogP contribution < -0.4 is 5.73 Å². The highest BCUT2D eigenvalue weighted by molar-refractivity contribution is 6.08. The topological polar surface area (TPSA) is 38.9 Å². The normalized spacial score (nSPS) is 12.2. The maximum absolute atomic E-state index is 12.8. The number of alkyl halides is 3. The molecule has 0 amide bonds. The molecule has 1 aromatic heterocycles. The van der Waals surface area contributed by atoms with Crippen LogP contribution in [0.15, 0.2) is 42.6 Å². The molecular formula is C14H9F3N2. The highest BCUT2D eigenvalue weighted by Crippen LogP contribution is 2.35. The fraction of sp³-hybridized carbons (Fsp3) is 0.0714. The number of pyridine rings is 1. The van der Waals surface area contributed by atoms with Gasteiger partial charge in [0.25, 0.3) is 0 Å². The van der Waals surface area contributed by atoms with Gasteiger partial charge < -0.3 is 5.73 Å². The molecule has 1 heterocycles. The van der Waals surface area contributed by atoms with Crippen molar-refractivity contribution in [1.29, 1.82) is 0 Å². The van der Waals surface area contributed by atoms with Crippen LogP contribution in [-0.4, -0.2) is 4.98 Å². The molecule has 0 bridgehead atoms. The van der Waals surface area contributed by atoms with Crippen molar-refractivity contribution in [3.63, 3.8) is 0 Å². The predicted octanol–water partition coefficient (Wildman–Crippen LogP) is 3.99. The monoisotopic (exact) mass is 262 g/mol. The predicted molar refractivity (Wildman–Crippen MR) is 68.7 cm³/mol. The van der Waals surface area contributed by atoms with E-state index >= 15 is 0 Å². The van der Waals surface area contributed by atoms with Gasteiger partial charge in [0.15, 0.2) is 0 Å². The van der Waals surface area contributed by atoms with Crippen LogP contribution in [0, 0.1) is 0 Å². The first-order chi connectivity index (χ1) is 8.97. The molecule has 2 nitrogen and oxygen atoms in total. The molecule has 0 atom stereocenters. The number of fused-ring (bicyclic) bond motifs is 3. The number of aromatic nitrogens is 1. The Labute approximate surface area is 106 Å². The molecule has 0 radical (unpaired) electrons. The summed E-state index contributed by atoms with van der Waals surface area (Å²) in [5.41, 5.74) is 5.36. The fourth-order valence-corrected chi connectivity index (χ4v) is 2.16. The van der Waals surface area contributed by atoms with Crippen LogP contribution in [0.5, 0.6) is 0 Å². The molecule has 19 heavy (non-hydrogen) atoms. The van der Waals surface area contributed by atoms with Gasteiger partial charge in [-0.05, 0) is 17.5 Å². The molecular weight excluding hydrogens is 253 g/mol. The van der Waals surface area contributed by atoms with Gasteiger partial charge in [-0.15, -0.1) is 0 Å². The minimum Gasteiger partial charge on any atom is -0.397 e. The average Bonchev–Trinajstić information content (AvgIpc) is 2.37.